The number of hydrogen-bond acceptors (Lipinski definition) is 5. The Hall–Kier alpha value is -1.47. The van der Waals surface area contributed by atoms with Gasteiger partial charge in [0.15, 0.2) is 0 Å². The van der Waals surface area contributed by atoms with Gasteiger partial charge in [0.25, 0.3) is 0 Å². The van der Waals surface area contributed by atoms with Gasteiger partial charge in [-0.2, -0.15) is 0 Å². The molecule has 0 saturated heterocycles. The fraction of sp³-hybridized carbons (Fsp3) is 0.667. The molecule has 0 saturated carbocycles. The minimum Gasteiger partial charge on any atom is -0.481 e. The number of aryl methyl sites for hydroxylation is 1. The summed E-state index contributed by atoms with van der Waals surface area (Å²) in [5.74, 6) is -0.885. The van der Waals surface area contributed by atoms with Crippen LogP contribution in [0.2, 0.25) is 0 Å². The lowest BCUT2D eigenvalue weighted by Crippen LogP contribution is -2.21. The third kappa shape index (κ3) is 3.28. The van der Waals surface area contributed by atoms with Gasteiger partial charge in [-0.25, -0.2) is 4.68 Å². The van der Waals surface area contributed by atoms with Crippen LogP contribution in [0, 0.1) is 6.92 Å². The van der Waals surface area contributed by atoms with Gasteiger partial charge >= 0.3 is 5.97 Å². The van der Waals surface area contributed by atoms with Crippen molar-refractivity contribution in [3.05, 3.63) is 11.4 Å². The minimum atomic E-state index is -0.885. The molecule has 1 aromatic rings. The van der Waals surface area contributed by atoms with Gasteiger partial charge in [0, 0.05) is 6.42 Å². The standard InChI is InChI=1S/C9H15N3O4/c1-6-8(2-3-9(15)16)10-11-12(6)4-7(14)5-13/h7,13-14H,2-5H2,1H3,(H,15,16). The fourth-order valence-corrected chi connectivity index (χ4v) is 1.28. The van der Waals surface area contributed by atoms with E-state index in [4.69, 9.17) is 10.2 Å². The Labute approximate surface area is 92.3 Å². The maximum Gasteiger partial charge on any atom is 0.303 e. The van der Waals surface area contributed by atoms with Crippen LogP contribution in [0.3, 0.4) is 0 Å². The molecule has 0 aliphatic rings. The summed E-state index contributed by atoms with van der Waals surface area (Å²) >= 11 is 0. The van der Waals surface area contributed by atoms with Gasteiger partial charge in [-0.3, -0.25) is 4.79 Å². The summed E-state index contributed by atoms with van der Waals surface area (Å²) in [7, 11) is 0. The van der Waals surface area contributed by atoms with E-state index in [-0.39, 0.29) is 19.6 Å². The molecule has 0 amide bonds. The lowest BCUT2D eigenvalue weighted by Gasteiger charge is -2.07. The van der Waals surface area contributed by atoms with E-state index >= 15 is 0 Å². The third-order valence-corrected chi connectivity index (χ3v) is 2.25. The largest absolute Gasteiger partial charge is 0.481 e. The number of hydrogen-bond donors (Lipinski definition) is 3. The number of carboxylic acids is 1. The molecule has 1 rings (SSSR count). The second-order valence-electron chi connectivity index (χ2n) is 3.53. The Morgan fingerprint density at radius 2 is 2.25 bits per heavy atom. The predicted octanol–water partition coefficient (Wildman–Crippen LogP) is -1.04. The van der Waals surface area contributed by atoms with Crippen molar-refractivity contribution in [3.63, 3.8) is 0 Å². The third-order valence-electron chi connectivity index (χ3n) is 2.25. The van der Waals surface area contributed by atoms with Gasteiger partial charge in [0.1, 0.15) is 0 Å². The van der Waals surface area contributed by atoms with Crippen molar-refractivity contribution >= 4 is 5.97 Å². The van der Waals surface area contributed by atoms with E-state index < -0.39 is 12.1 Å². The topological polar surface area (TPSA) is 108 Å². The van der Waals surface area contributed by atoms with Crippen molar-refractivity contribution in [1.82, 2.24) is 15.0 Å². The van der Waals surface area contributed by atoms with Gasteiger partial charge < -0.3 is 15.3 Å². The van der Waals surface area contributed by atoms with Crippen LogP contribution >= 0.6 is 0 Å². The summed E-state index contributed by atoms with van der Waals surface area (Å²) in [5, 5.41) is 34.1. The van der Waals surface area contributed by atoms with Gasteiger partial charge in [-0.15, -0.1) is 5.10 Å². The average Bonchev–Trinajstić information content (AvgIpc) is 2.57. The van der Waals surface area contributed by atoms with Crippen LogP contribution in [-0.2, 0) is 17.8 Å². The van der Waals surface area contributed by atoms with Crippen LogP contribution in [0.4, 0.5) is 0 Å². The summed E-state index contributed by atoms with van der Waals surface area (Å²) < 4.78 is 1.46. The highest BCUT2D eigenvalue weighted by molar-refractivity contribution is 5.66. The van der Waals surface area contributed by atoms with E-state index in [0.717, 1.165) is 0 Å². The first kappa shape index (κ1) is 12.6. The molecule has 0 aliphatic carbocycles. The highest BCUT2D eigenvalue weighted by Crippen LogP contribution is 2.07. The van der Waals surface area contributed by atoms with Crippen molar-refractivity contribution in [1.29, 1.82) is 0 Å². The highest BCUT2D eigenvalue weighted by atomic mass is 16.4. The van der Waals surface area contributed by atoms with Gasteiger partial charge in [-0.1, -0.05) is 5.21 Å². The van der Waals surface area contributed by atoms with Gasteiger partial charge in [0.05, 0.1) is 37.1 Å². The van der Waals surface area contributed by atoms with E-state index in [0.29, 0.717) is 17.8 Å². The second-order valence-corrected chi connectivity index (χ2v) is 3.53. The molecule has 1 atom stereocenters. The molecule has 3 N–H and O–H groups in total. The molecular weight excluding hydrogens is 214 g/mol. The Morgan fingerprint density at radius 3 is 2.81 bits per heavy atom. The monoisotopic (exact) mass is 229 g/mol. The minimum absolute atomic E-state index is 0.00207. The van der Waals surface area contributed by atoms with E-state index in [2.05, 4.69) is 10.3 Å². The van der Waals surface area contributed by atoms with Crippen molar-refractivity contribution in [2.45, 2.75) is 32.4 Å². The van der Waals surface area contributed by atoms with Crippen LogP contribution in [0.1, 0.15) is 17.8 Å². The molecule has 7 heteroatoms. The summed E-state index contributed by atoms with van der Waals surface area (Å²) in [6.07, 6.45) is -0.564. The fourth-order valence-electron chi connectivity index (χ4n) is 1.28. The summed E-state index contributed by atoms with van der Waals surface area (Å²) in [6.45, 7) is 1.56. The molecular formula is C9H15N3O4. The number of aliphatic hydroxyl groups is 2. The SMILES string of the molecule is Cc1c(CCC(=O)O)nnn1CC(O)CO. The quantitative estimate of drug-likeness (QED) is 0.574. The number of carbonyl (C=O) groups is 1. The number of aromatic nitrogens is 3. The molecule has 0 radical (unpaired) electrons. The summed E-state index contributed by atoms with van der Waals surface area (Å²) in [5.41, 5.74) is 1.32. The van der Waals surface area contributed by atoms with Crippen molar-refractivity contribution < 1.29 is 20.1 Å². The predicted molar refractivity (Wildman–Crippen MR) is 53.8 cm³/mol. The Kier molecular flexibility index (Phi) is 4.39. The molecule has 0 aromatic carbocycles. The van der Waals surface area contributed by atoms with Crippen LogP contribution in [0.25, 0.3) is 0 Å². The number of aliphatic hydroxyl groups excluding tert-OH is 2. The van der Waals surface area contributed by atoms with E-state index in [1.807, 2.05) is 0 Å². The highest BCUT2D eigenvalue weighted by Gasteiger charge is 2.12. The second kappa shape index (κ2) is 5.57. The van der Waals surface area contributed by atoms with Crippen LogP contribution < -0.4 is 0 Å². The Bertz CT molecular complexity index is 364. The lowest BCUT2D eigenvalue weighted by molar-refractivity contribution is -0.136. The first-order chi connectivity index (χ1) is 7.54. The maximum absolute atomic E-state index is 10.4. The molecule has 1 heterocycles. The smallest absolute Gasteiger partial charge is 0.303 e. The van der Waals surface area contributed by atoms with Crippen LogP contribution in [-0.4, -0.2) is 49.0 Å². The molecule has 0 aliphatic heterocycles. The first-order valence-electron chi connectivity index (χ1n) is 4.94. The van der Waals surface area contributed by atoms with Gasteiger partial charge in [0.2, 0.25) is 0 Å². The molecule has 0 spiro atoms. The molecule has 0 bridgehead atoms. The maximum atomic E-state index is 10.4. The number of aliphatic carboxylic acids is 1. The first-order valence-corrected chi connectivity index (χ1v) is 4.94. The van der Waals surface area contributed by atoms with E-state index in [1.54, 1.807) is 6.92 Å². The van der Waals surface area contributed by atoms with Crippen molar-refractivity contribution in [2.75, 3.05) is 6.61 Å². The zero-order valence-electron chi connectivity index (χ0n) is 9.00. The van der Waals surface area contributed by atoms with E-state index in [1.165, 1.54) is 4.68 Å². The Morgan fingerprint density at radius 1 is 1.56 bits per heavy atom. The molecule has 0 fully saturated rings. The van der Waals surface area contributed by atoms with Crippen molar-refractivity contribution in [3.8, 4) is 0 Å². The van der Waals surface area contributed by atoms with Gasteiger partial charge in [-0.05, 0) is 6.92 Å². The zero-order valence-corrected chi connectivity index (χ0v) is 9.00. The normalized spacial score (nSPS) is 12.7. The molecule has 1 aromatic heterocycles. The molecule has 90 valence electrons. The Balaban J connectivity index is 2.64. The van der Waals surface area contributed by atoms with Crippen LogP contribution in [0.5, 0.6) is 0 Å². The van der Waals surface area contributed by atoms with Crippen LogP contribution in [0.15, 0.2) is 0 Å². The summed E-state index contributed by atoms with van der Waals surface area (Å²) in [6, 6.07) is 0. The molecule has 7 nitrogen and oxygen atoms in total. The van der Waals surface area contributed by atoms with E-state index in [9.17, 15) is 9.90 Å². The average molecular weight is 229 g/mol. The van der Waals surface area contributed by atoms with Crippen molar-refractivity contribution in [2.24, 2.45) is 0 Å². The number of rotatable bonds is 6. The number of nitrogens with zero attached hydrogens (tertiary/aromatic N) is 3. The lowest BCUT2D eigenvalue weighted by atomic mass is 10.2. The number of carboxylic acid groups (broad SMARTS) is 1. The molecule has 1 unspecified atom stereocenters. The zero-order chi connectivity index (χ0) is 12.1. The summed E-state index contributed by atoms with van der Waals surface area (Å²) in [4.78, 5) is 10.4. The molecule has 16 heavy (non-hydrogen) atoms.